The highest BCUT2D eigenvalue weighted by Crippen LogP contribution is 2.12. The first kappa shape index (κ1) is 10.6. The molecule has 1 aromatic carbocycles. The standard InChI is InChI=1S/C10H8BrNO2/c11-5-1-2-7-3-4-8(12)6-9(7)10(13)14/h3-4,6H,5,12H2,(H,13,14). The number of hydrogen-bond donors (Lipinski definition) is 2. The summed E-state index contributed by atoms with van der Waals surface area (Å²) in [4.78, 5) is 10.8. The minimum Gasteiger partial charge on any atom is -0.478 e. The maximum absolute atomic E-state index is 10.8. The van der Waals surface area contributed by atoms with Crippen LogP contribution in [0.5, 0.6) is 0 Å². The van der Waals surface area contributed by atoms with Gasteiger partial charge in [-0.3, -0.25) is 0 Å². The molecule has 0 atom stereocenters. The first-order valence-electron chi connectivity index (χ1n) is 3.83. The number of carboxylic acid groups (broad SMARTS) is 1. The molecule has 3 nitrogen and oxygen atoms in total. The molecule has 72 valence electrons. The van der Waals surface area contributed by atoms with Gasteiger partial charge in [0.05, 0.1) is 10.9 Å². The van der Waals surface area contributed by atoms with Crippen molar-refractivity contribution in [3.63, 3.8) is 0 Å². The van der Waals surface area contributed by atoms with Crippen molar-refractivity contribution >= 4 is 27.6 Å². The molecule has 0 aliphatic rings. The van der Waals surface area contributed by atoms with Gasteiger partial charge in [0.1, 0.15) is 0 Å². The Bertz CT molecular complexity index is 418. The fourth-order valence-electron chi connectivity index (χ4n) is 0.976. The quantitative estimate of drug-likeness (QED) is 0.455. The van der Waals surface area contributed by atoms with Crippen molar-refractivity contribution in [3.05, 3.63) is 29.3 Å². The molecule has 0 fully saturated rings. The molecule has 0 bridgehead atoms. The molecule has 3 N–H and O–H groups in total. The van der Waals surface area contributed by atoms with Crippen LogP contribution in [0, 0.1) is 11.8 Å². The molecule has 0 saturated heterocycles. The minimum absolute atomic E-state index is 0.137. The maximum atomic E-state index is 10.8. The summed E-state index contributed by atoms with van der Waals surface area (Å²) < 4.78 is 0. The van der Waals surface area contributed by atoms with E-state index in [1.807, 2.05) is 0 Å². The van der Waals surface area contributed by atoms with Crippen LogP contribution in [0.2, 0.25) is 0 Å². The molecule has 4 heteroatoms. The van der Waals surface area contributed by atoms with Crippen LogP contribution in [0.4, 0.5) is 5.69 Å². The van der Waals surface area contributed by atoms with Crippen LogP contribution in [0.3, 0.4) is 0 Å². The van der Waals surface area contributed by atoms with Crippen LogP contribution in [-0.2, 0) is 0 Å². The largest absolute Gasteiger partial charge is 0.478 e. The molecular formula is C10H8BrNO2. The Labute approximate surface area is 90.1 Å². The number of alkyl halides is 1. The van der Waals surface area contributed by atoms with Crippen molar-refractivity contribution in [2.24, 2.45) is 0 Å². The van der Waals surface area contributed by atoms with Gasteiger partial charge < -0.3 is 10.8 Å². The zero-order valence-corrected chi connectivity index (χ0v) is 8.84. The molecule has 0 heterocycles. The predicted molar refractivity (Wildman–Crippen MR) is 58.5 cm³/mol. The van der Waals surface area contributed by atoms with Crippen LogP contribution < -0.4 is 5.73 Å². The van der Waals surface area contributed by atoms with Gasteiger partial charge in [0.25, 0.3) is 0 Å². The van der Waals surface area contributed by atoms with E-state index in [0.29, 0.717) is 16.6 Å². The summed E-state index contributed by atoms with van der Waals surface area (Å²) in [6.07, 6.45) is 0. The monoisotopic (exact) mass is 253 g/mol. The van der Waals surface area contributed by atoms with E-state index in [0.717, 1.165) is 0 Å². The number of aromatic carboxylic acids is 1. The van der Waals surface area contributed by atoms with Crippen molar-refractivity contribution in [1.29, 1.82) is 0 Å². The van der Waals surface area contributed by atoms with E-state index in [9.17, 15) is 4.79 Å². The molecule has 0 aliphatic heterocycles. The number of hydrogen-bond acceptors (Lipinski definition) is 2. The highest BCUT2D eigenvalue weighted by atomic mass is 79.9. The molecule has 14 heavy (non-hydrogen) atoms. The van der Waals surface area contributed by atoms with Gasteiger partial charge in [0, 0.05) is 11.3 Å². The Hall–Kier alpha value is -1.47. The topological polar surface area (TPSA) is 63.3 Å². The second-order valence-electron chi connectivity index (χ2n) is 2.55. The molecule has 1 rings (SSSR count). The van der Waals surface area contributed by atoms with Crippen LogP contribution in [-0.4, -0.2) is 16.4 Å². The Morgan fingerprint density at radius 3 is 2.86 bits per heavy atom. The first-order chi connectivity index (χ1) is 6.65. The average Bonchev–Trinajstić information content (AvgIpc) is 2.15. The van der Waals surface area contributed by atoms with Gasteiger partial charge in [-0.2, -0.15) is 0 Å². The number of carboxylic acids is 1. The fourth-order valence-corrected chi connectivity index (χ4v) is 1.12. The zero-order valence-electron chi connectivity index (χ0n) is 7.25. The molecule has 0 unspecified atom stereocenters. The Kier molecular flexibility index (Phi) is 3.55. The van der Waals surface area contributed by atoms with Crippen molar-refractivity contribution in [2.45, 2.75) is 0 Å². The summed E-state index contributed by atoms with van der Waals surface area (Å²) >= 11 is 3.14. The molecular weight excluding hydrogens is 246 g/mol. The number of nitrogen functional groups attached to an aromatic ring is 1. The number of anilines is 1. The molecule has 0 aliphatic carbocycles. The van der Waals surface area contributed by atoms with Crippen molar-refractivity contribution in [3.8, 4) is 11.8 Å². The summed E-state index contributed by atoms with van der Waals surface area (Å²) in [5.74, 6) is 4.46. The van der Waals surface area contributed by atoms with Gasteiger partial charge >= 0.3 is 5.97 Å². The van der Waals surface area contributed by atoms with Gasteiger partial charge in [-0.15, -0.1) is 0 Å². The number of benzene rings is 1. The summed E-state index contributed by atoms with van der Waals surface area (Å²) in [5, 5.41) is 9.36. The third-order valence-corrected chi connectivity index (χ3v) is 1.84. The number of carbonyl (C=O) groups is 1. The van der Waals surface area contributed by atoms with Crippen LogP contribution in [0.15, 0.2) is 18.2 Å². The van der Waals surface area contributed by atoms with Crippen LogP contribution in [0.1, 0.15) is 15.9 Å². The Balaban J connectivity index is 3.22. The summed E-state index contributed by atoms with van der Waals surface area (Å²) in [5.41, 5.74) is 6.51. The lowest BCUT2D eigenvalue weighted by molar-refractivity contribution is 0.0696. The predicted octanol–water partition coefficient (Wildman–Crippen LogP) is 1.71. The van der Waals surface area contributed by atoms with E-state index in [4.69, 9.17) is 10.8 Å². The van der Waals surface area contributed by atoms with E-state index in [1.54, 1.807) is 12.1 Å². The van der Waals surface area contributed by atoms with Gasteiger partial charge in [-0.1, -0.05) is 27.8 Å². The van der Waals surface area contributed by atoms with Crippen molar-refractivity contribution in [2.75, 3.05) is 11.1 Å². The van der Waals surface area contributed by atoms with Crippen LogP contribution >= 0.6 is 15.9 Å². The Morgan fingerprint density at radius 2 is 2.29 bits per heavy atom. The zero-order chi connectivity index (χ0) is 10.6. The molecule has 0 aromatic heterocycles. The lowest BCUT2D eigenvalue weighted by Gasteiger charge is -1.99. The van der Waals surface area contributed by atoms with E-state index < -0.39 is 5.97 Å². The third kappa shape index (κ3) is 2.51. The summed E-state index contributed by atoms with van der Waals surface area (Å²) in [7, 11) is 0. The summed E-state index contributed by atoms with van der Waals surface area (Å²) in [6.45, 7) is 0. The smallest absolute Gasteiger partial charge is 0.337 e. The van der Waals surface area contributed by atoms with Gasteiger partial charge in [0.15, 0.2) is 0 Å². The first-order valence-corrected chi connectivity index (χ1v) is 4.95. The van der Waals surface area contributed by atoms with Gasteiger partial charge in [0.2, 0.25) is 0 Å². The second kappa shape index (κ2) is 4.68. The van der Waals surface area contributed by atoms with E-state index in [1.165, 1.54) is 6.07 Å². The Morgan fingerprint density at radius 1 is 1.57 bits per heavy atom. The molecule has 1 aromatic rings. The summed E-state index contributed by atoms with van der Waals surface area (Å²) in [6, 6.07) is 4.64. The van der Waals surface area contributed by atoms with Crippen molar-refractivity contribution < 1.29 is 9.90 Å². The highest BCUT2D eigenvalue weighted by molar-refractivity contribution is 9.09. The maximum Gasteiger partial charge on any atom is 0.337 e. The fraction of sp³-hybridized carbons (Fsp3) is 0.100. The van der Waals surface area contributed by atoms with Crippen LogP contribution in [0.25, 0.3) is 0 Å². The van der Waals surface area contributed by atoms with E-state index >= 15 is 0 Å². The molecule has 0 spiro atoms. The minimum atomic E-state index is -1.02. The van der Waals surface area contributed by atoms with Crippen molar-refractivity contribution in [1.82, 2.24) is 0 Å². The molecule has 0 radical (unpaired) electrons. The molecule has 0 amide bonds. The third-order valence-electron chi connectivity index (χ3n) is 1.56. The van der Waals surface area contributed by atoms with Gasteiger partial charge in [-0.25, -0.2) is 4.79 Å². The molecule has 0 saturated carbocycles. The number of rotatable bonds is 1. The lowest BCUT2D eigenvalue weighted by Crippen LogP contribution is -2.01. The average molecular weight is 254 g/mol. The normalized spacial score (nSPS) is 8.93. The second-order valence-corrected chi connectivity index (χ2v) is 3.11. The SMILES string of the molecule is Nc1ccc(C#CCBr)c(C(=O)O)c1. The van der Waals surface area contributed by atoms with E-state index in [-0.39, 0.29) is 5.56 Å². The van der Waals surface area contributed by atoms with Gasteiger partial charge in [-0.05, 0) is 18.2 Å². The number of halogens is 1. The number of nitrogens with two attached hydrogens (primary N) is 1. The van der Waals surface area contributed by atoms with E-state index in [2.05, 4.69) is 27.8 Å². The highest BCUT2D eigenvalue weighted by Gasteiger charge is 2.07. The lowest BCUT2D eigenvalue weighted by atomic mass is 10.1.